The Morgan fingerprint density at radius 2 is 2.15 bits per heavy atom. The Balaban J connectivity index is 1.97. The molecule has 0 aromatic carbocycles. The summed E-state index contributed by atoms with van der Waals surface area (Å²) in [5, 5.41) is 0. The van der Waals surface area contributed by atoms with Gasteiger partial charge in [-0.3, -0.25) is 4.79 Å². The highest BCUT2D eigenvalue weighted by molar-refractivity contribution is 5.66. The van der Waals surface area contributed by atoms with E-state index in [0.717, 1.165) is 18.3 Å². The summed E-state index contributed by atoms with van der Waals surface area (Å²) in [5.74, 6) is 2.24. The summed E-state index contributed by atoms with van der Waals surface area (Å²) < 4.78 is 5.34. The van der Waals surface area contributed by atoms with Gasteiger partial charge in [0.1, 0.15) is 6.10 Å². The quantitative estimate of drug-likeness (QED) is 0.613. The van der Waals surface area contributed by atoms with Gasteiger partial charge in [-0.1, -0.05) is 13.3 Å². The van der Waals surface area contributed by atoms with Gasteiger partial charge < -0.3 is 4.74 Å². The van der Waals surface area contributed by atoms with Crippen molar-refractivity contribution >= 4 is 5.97 Å². The summed E-state index contributed by atoms with van der Waals surface area (Å²) in [5.41, 5.74) is 0. The first kappa shape index (κ1) is 9.04. The minimum Gasteiger partial charge on any atom is -0.462 e. The van der Waals surface area contributed by atoms with Crippen LogP contribution in [-0.2, 0) is 9.53 Å². The summed E-state index contributed by atoms with van der Waals surface area (Å²) in [6.07, 6.45) is 5.30. The molecule has 0 N–H and O–H groups in total. The molecule has 2 fully saturated rings. The van der Waals surface area contributed by atoms with Crippen LogP contribution in [0.4, 0.5) is 0 Å². The van der Waals surface area contributed by atoms with Gasteiger partial charge in [0.25, 0.3) is 0 Å². The van der Waals surface area contributed by atoms with Gasteiger partial charge in [-0.15, -0.1) is 0 Å². The van der Waals surface area contributed by atoms with Crippen LogP contribution < -0.4 is 0 Å². The maximum Gasteiger partial charge on any atom is 0.302 e. The average molecular weight is 182 g/mol. The Morgan fingerprint density at radius 1 is 1.38 bits per heavy atom. The van der Waals surface area contributed by atoms with Crippen molar-refractivity contribution in [1.82, 2.24) is 0 Å². The number of carbonyl (C=O) groups excluding carboxylic acids is 1. The number of ether oxygens (including phenoxy) is 1. The number of hydrogen-bond donors (Lipinski definition) is 0. The fraction of sp³-hybridized carbons (Fsp3) is 0.909. The van der Waals surface area contributed by atoms with E-state index >= 15 is 0 Å². The maximum absolute atomic E-state index is 10.8. The Kier molecular flexibility index (Phi) is 2.31. The van der Waals surface area contributed by atoms with Crippen molar-refractivity contribution in [2.75, 3.05) is 0 Å². The SMILES string of the molecule is CC[C@H]1C[C@H]2C[C@@H]1[C@H](OC(C)=O)C2. The molecule has 0 aliphatic heterocycles. The van der Waals surface area contributed by atoms with Gasteiger partial charge in [0.05, 0.1) is 0 Å². The topological polar surface area (TPSA) is 26.3 Å². The molecule has 0 amide bonds. The van der Waals surface area contributed by atoms with Crippen LogP contribution in [-0.4, -0.2) is 12.1 Å². The molecule has 0 spiro atoms. The van der Waals surface area contributed by atoms with Crippen LogP contribution in [0.5, 0.6) is 0 Å². The van der Waals surface area contributed by atoms with Crippen LogP contribution in [0, 0.1) is 17.8 Å². The molecule has 0 radical (unpaired) electrons. The highest BCUT2D eigenvalue weighted by Gasteiger charge is 2.46. The minimum atomic E-state index is -0.104. The zero-order chi connectivity index (χ0) is 9.42. The maximum atomic E-state index is 10.8. The molecule has 2 nitrogen and oxygen atoms in total. The van der Waals surface area contributed by atoms with Crippen LogP contribution in [0.3, 0.4) is 0 Å². The van der Waals surface area contributed by atoms with E-state index < -0.39 is 0 Å². The molecule has 2 aliphatic carbocycles. The summed E-state index contributed by atoms with van der Waals surface area (Å²) in [7, 11) is 0. The first-order valence-electron chi connectivity index (χ1n) is 5.38. The second-order valence-electron chi connectivity index (χ2n) is 4.55. The lowest BCUT2D eigenvalue weighted by Gasteiger charge is -2.28. The predicted molar refractivity (Wildman–Crippen MR) is 50.2 cm³/mol. The molecule has 2 saturated carbocycles. The van der Waals surface area contributed by atoms with Crippen LogP contribution in [0.15, 0.2) is 0 Å². The Bertz CT molecular complexity index is 212. The standard InChI is InChI=1S/C11H18O2/c1-3-9-4-8-5-10(9)11(6-8)13-7(2)12/h8-11H,3-6H2,1-2H3/t8-,9-,10-,11+/m0/s1. The fourth-order valence-corrected chi connectivity index (χ4v) is 3.25. The number of carbonyl (C=O) groups is 1. The third-order valence-electron chi connectivity index (χ3n) is 3.73. The second kappa shape index (κ2) is 3.32. The van der Waals surface area contributed by atoms with Gasteiger partial charge in [-0.2, -0.15) is 0 Å². The Hall–Kier alpha value is -0.530. The molecule has 2 rings (SSSR count). The van der Waals surface area contributed by atoms with E-state index in [9.17, 15) is 4.79 Å². The van der Waals surface area contributed by atoms with E-state index in [1.54, 1.807) is 0 Å². The van der Waals surface area contributed by atoms with Crippen molar-refractivity contribution in [2.24, 2.45) is 17.8 Å². The molecular weight excluding hydrogens is 164 g/mol. The third-order valence-corrected chi connectivity index (χ3v) is 3.73. The van der Waals surface area contributed by atoms with Crippen molar-refractivity contribution in [3.63, 3.8) is 0 Å². The molecule has 74 valence electrons. The van der Waals surface area contributed by atoms with E-state index in [2.05, 4.69) is 6.92 Å². The van der Waals surface area contributed by atoms with E-state index in [-0.39, 0.29) is 12.1 Å². The third kappa shape index (κ3) is 1.59. The summed E-state index contributed by atoms with van der Waals surface area (Å²) in [6, 6.07) is 0. The number of hydrogen-bond acceptors (Lipinski definition) is 2. The highest BCUT2D eigenvalue weighted by atomic mass is 16.5. The van der Waals surface area contributed by atoms with Gasteiger partial charge in [0.2, 0.25) is 0 Å². The van der Waals surface area contributed by atoms with Gasteiger partial charge >= 0.3 is 5.97 Å². The van der Waals surface area contributed by atoms with Crippen molar-refractivity contribution in [3.8, 4) is 0 Å². The van der Waals surface area contributed by atoms with Crippen LogP contribution in [0.25, 0.3) is 0 Å². The predicted octanol–water partition coefficient (Wildman–Crippen LogP) is 2.37. The molecule has 2 bridgehead atoms. The zero-order valence-corrected chi connectivity index (χ0v) is 8.45. The van der Waals surface area contributed by atoms with Crippen molar-refractivity contribution in [2.45, 2.75) is 45.6 Å². The lowest BCUT2D eigenvalue weighted by atomic mass is 9.85. The molecule has 2 heteroatoms. The molecule has 4 atom stereocenters. The summed E-state index contributed by atoms with van der Waals surface area (Å²) in [6.45, 7) is 3.77. The Labute approximate surface area is 79.7 Å². The van der Waals surface area contributed by atoms with E-state index in [4.69, 9.17) is 4.74 Å². The average Bonchev–Trinajstić information content (AvgIpc) is 2.60. The summed E-state index contributed by atoms with van der Waals surface area (Å²) >= 11 is 0. The molecule has 0 saturated heterocycles. The minimum absolute atomic E-state index is 0.104. The first-order chi connectivity index (χ1) is 6.20. The lowest BCUT2D eigenvalue weighted by Crippen LogP contribution is -2.28. The first-order valence-corrected chi connectivity index (χ1v) is 5.38. The molecule has 13 heavy (non-hydrogen) atoms. The van der Waals surface area contributed by atoms with Crippen molar-refractivity contribution in [3.05, 3.63) is 0 Å². The molecule has 2 aliphatic rings. The van der Waals surface area contributed by atoms with Crippen LogP contribution in [0.2, 0.25) is 0 Å². The van der Waals surface area contributed by atoms with E-state index in [1.807, 2.05) is 0 Å². The number of fused-ring (bicyclic) bond motifs is 2. The molecular formula is C11H18O2. The van der Waals surface area contributed by atoms with Gasteiger partial charge in [-0.25, -0.2) is 0 Å². The van der Waals surface area contributed by atoms with Crippen molar-refractivity contribution < 1.29 is 9.53 Å². The van der Waals surface area contributed by atoms with E-state index in [0.29, 0.717) is 5.92 Å². The molecule has 0 aromatic rings. The molecule has 0 aromatic heterocycles. The number of rotatable bonds is 2. The summed E-state index contributed by atoms with van der Waals surface area (Å²) in [4.78, 5) is 10.8. The van der Waals surface area contributed by atoms with Crippen LogP contribution in [0.1, 0.15) is 39.5 Å². The monoisotopic (exact) mass is 182 g/mol. The zero-order valence-electron chi connectivity index (χ0n) is 8.45. The van der Waals surface area contributed by atoms with Crippen LogP contribution >= 0.6 is 0 Å². The van der Waals surface area contributed by atoms with Gasteiger partial charge in [-0.05, 0) is 37.0 Å². The van der Waals surface area contributed by atoms with Gasteiger partial charge in [0.15, 0.2) is 0 Å². The highest BCUT2D eigenvalue weighted by Crippen LogP contribution is 2.50. The molecule has 0 heterocycles. The normalized spacial score (nSPS) is 42.3. The van der Waals surface area contributed by atoms with Crippen molar-refractivity contribution in [1.29, 1.82) is 0 Å². The Morgan fingerprint density at radius 3 is 2.69 bits per heavy atom. The fourth-order valence-electron chi connectivity index (χ4n) is 3.25. The largest absolute Gasteiger partial charge is 0.462 e. The number of esters is 1. The smallest absolute Gasteiger partial charge is 0.302 e. The second-order valence-corrected chi connectivity index (χ2v) is 4.55. The molecule has 0 unspecified atom stereocenters. The van der Waals surface area contributed by atoms with Gasteiger partial charge in [0, 0.05) is 6.92 Å². The lowest BCUT2D eigenvalue weighted by molar-refractivity contribution is -0.149. The van der Waals surface area contributed by atoms with E-state index in [1.165, 1.54) is 26.2 Å².